The summed E-state index contributed by atoms with van der Waals surface area (Å²) in [4.78, 5) is 23.8. The van der Waals surface area contributed by atoms with E-state index in [4.69, 9.17) is 0 Å². The molecule has 0 bridgehead atoms. The van der Waals surface area contributed by atoms with Crippen molar-refractivity contribution in [3.63, 3.8) is 0 Å². The van der Waals surface area contributed by atoms with Crippen molar-refractivity contribution in [1.82, 2.24) is 0 Å². The lowest BCUT2D eigenvalue weighted by Gasteiger charge is -2.29. The van der Waals surface area contributed by atoms with E-state index < -0.39 is 17.8 Å². The molecule has 2 atom stereocenters. The molecular formula is C16H18BrNO3. The number of aliphatic carboxylic acids is 1. The van der Waals surface area contributed by atoms with Gasteiger partial charge in [-0.05, 0) is 51.0 Å². The highest BCUT2D eigenvalue weighted by Gasteiger charge is 2.37. The quantitative estimate of drug-likeness (QED) is 0.813. The van der Waals surface area contributed by atoms with Crippen molar-refractivity contribution in [3.8, 4) is 0 Å². The van der Waals surface area contributed by atoms with E-state index in [9.17, 15) is 14.7 Å². The maximum atomic E-state index is 12.4. The lowest BCUT2D eigenvalue weighted by Crippen LogP contribution is -2.36. The molecule has 2 rings (SSSR count). The van der Waals surface area contributed by atoms with Crippen LogP contribution in [0.25, 0.3) is 0 Å². The molecule has 1 aliphatic rings. The second-order valence-electron chi connectivity index (χ2n) is 5.52. The van der Waals surface area contributed by atoms with Crippen LogP contribution in [0.5, 0.6) is 0 Å². The topological polar surface area (TPSA) is 66.4 Å². The molecule has 0 fully saturated rings. The number of anilines is 1. The largest absolute Gasteiger partial charge is 0.481 e. The summed E-state index contributed by atoms with van der Waals surface area (Å²) in [6.07, 6.45) is 0.949. The van der Waals surface area contributed by atoms with Gasteiger partial charge in [-0.3, -0.25) is 9.59 Å². The van der Waals surface area contributed by atoms with E-state index >= 15 is 0 Å². The highest BCUT2D eigenvalue weighted by molar-refractivity contribution is 9.10. The van der Waals surface area contributed by atoms with Gasteiger partial charge in [-0.1, -0.05) is 27.1 Å². The normalized spacial score (nSPS) is 22.0. The summed E-state index contributed by atoms with van der Waals surface area (Å²) in [5, 5.41) is 12.2. The molecule has 0 aromatic heterocycles. The van der Waals surface area contributed by atoms with Gasteiger partial charge in [-0.2, -0.15) is 0 Å². The molecule has 0 heterocycles. The molecule has 0 saturated heterocycles. The van der Waals surface area contributed by atoms with Gasteiger partial charge in [0.05, 0.1) is 11.8 Å². The number of amides is 1. The van der Waals surface area contributed by atoms with E-state index in [0.717, 1.165) is 15.6 Å². The van der Waals surface area contributed by atoms with E-state index in [0.29, 0.717) is 18.5 Å². The number of halogens is 1. The Kier molecular flexibility index (Phi) is 4.83. The molecule has 0 unspecified atom stereocenters. The highest BCUT2D eigenvalue weighted by atomic mass is 79.9. The Morgan fingerprint density at radius 3 is 2.14 bits per heavy atom. The summed E-state index contributed by atoms with van der Waals surface area (Å²) in [7, 11) is 0. The van der Waals surface area contributed by atoms with Crippen LogP contribution >= 0.6 is 15.9 Å². The van der Waals surface area contributed by atoms with E-state index in [2.05, 4.69) is 21.2 Å². The summed E-state index contributed by atoms with van der Waals surface area (Å²) in [6, 6.07) is 7.24. The third-order valence-electron chi connectivity index (χ3n) is 4.03. The summed E-state index contributed by atoms with van der Waals surface area (Å²) >= 11 is 3.33. The van der Waals surface area contributed by atoms with Crippen molar-refractivity contribution >= 4 is 33.5 Å². The lowest BCUT2D eigenvalue weighted by molar-refractivity contribution is -0.146. The highest BCUT2D eigenvalue weighted by Crippen LogP contribution is 2.35. The monoisotopic (exact) mass is 351 g/mol. The number of nitrogens with one attached hydrogen (secondary N) is 1. The average molecular weight is 352 g/mol. The molecule has 0 saturated carbocycles. The predicted octanol–water partition coefficient (Wildman–Crippen LogP) is 3.83. The number of rotatable bonds is 3. The first-order chi connectivity index (χ1) is 9.88. The zero-order valence-electron chi connectivity index (χ0n) is 12.0. The number of carboxylic acids is 1. The molecule has 1 amide bonds. The van der Waals surface area contributed by atoms with Crippen molar-refractivity contribution in [2.45, 2.75) is 26.7 Å². The third kappa shape index (κ3) is 3.73. The van der Waals surface area contributed by atoms with Crippen LogP contribution in [0.1, 0.15) is 26.7 Å². The lowest BCUT2D eigenvalue weighted by atomic mass is 9.76. The molecule has 4 nitrogen and oxygen atoms in total. The molecule has 21 heavy (non-hydrogen) atoms. The van der Waals surface area contributed by atoms with Crippen LogP contribution < -0.4 is 5.32 Å². The van der Waals surface area contributed by atoms with E-state index in [1.807, 2.05) is 26.0 Å². The number of carboxylic acid groups (broad SMARTS) is 1. The Morgan fingerprint density at radius 2 is 1.62 bits per heavy atom. The van der Waals surface area contributed by atoms with Gasteiger partial charge in [0.25, 0.3) is 0 Å². The predicted molar refractivity (Wildman–Crippen MR) is 85.0 cm³/mol. The standard InChI is InChI=1S/C16H18BrNO3/c1-9-7-13(14(16(20)21)8-10(9)2)15(19)18-12-5-3-11(17)4-6-12/h3-6,13-14H,7-8H2,1-2H3,(H,18,19)(H,20,21)/t13-,14+/m0/s1. The van der Waals surface area contributed by atoms with Crippen LogP contribution in [0.3, 0.4) is 0 Å². The number of carbonyl (C=O) groups excluding carboxylic acids is 1. The van der Waals surface area contributed by atoms with Gasteiger partial charge in [-0.25, -0.2) is 0 Å². The average Bonchev–Trinajstić information content (AvgIpc) is 2.43. The molecule has 1 aromatic rings. The smallest absolute Gasteiger partial charge is 0.307 e. The minimum Gasteiger partial charge on any atom is -0.481 e. The van der Waals surface area contributed by atoms with Gasteiger partial charge in [0.1, 0.15) is 0 Å². The van der Waals surface area contributed by atoms with E-state index in [-0.39, 0.29) is 5.91 Å². The Labute approximate surface area is 132 Å². The fourth-order valence-electron chi connectivity index (χ4n) is 2.60. The van der Waals surface area contributed by atoms with Crippen LogP contribution in [-0.2, 0) is 9.59 Å². The minimum absolute atomic E-state index is 0.225. The van der Waals surface area contributed by atoms with Crippen molar-refractivity contribution in [2.24, 2.45) is 11.8 Å². The minimum atomic E-state index is -0.905. The first kappa shape index (κ1) is 15.8. The number of hydrogen-bond donors (Lipinski definition) is 2. The van der Waals surface area contributed by atoms with E-state index in [1.54, 1.807) is 12.1 Å². The van der Waals surface area contributed by atoms with Gasteiger partial charge < -0.3 is 10.4 Å². The molecule has 1 aliphatic carbocycles. The van der Waals surface area contributed by atoms with Crippen molar-refractivity contribution in [3.05, 3.63) is 39.9 Å². The van der Waals surface area contributed by atoms with Gasteiger partial charge in [0, 0.05) is 10.2 Å². The molecule has 0 aliphatic heterocycles. The molecule has 0 spiro atoms. The summed E-state index contributed by atoms with van der Waals surface area (Å²) in [6.45, 7) is 3.90. The Bertz CT molecular complexity index is 592. The SMILES string of the molecule is CC1=C(C)C[C@@H](C(=O)O)[C@@H](C(=O)Nc2ccc(Br)cc2)C1. The van der Waals surface area contributed by atoms with Crippen molar-refractivity contribution in [1.29, 1.82) is 0 Å². The van der Waals surface area contributed by atoms with Gasteiger partial charge in [0.15, 0.2) is 0 Å². The number of hydrogen-bond acceptors (Lipinski definition) is 2. The van der Waals surface area contributed by atoms with Crippen molar-refractivity contribution in [2.75, 3.05) is 5.32 Å². The van der Waals surface area contributed by atoms with Gasteiger partial charge >= 0.3 is 5.97 Å². The Hall–Kier alpha value is -1.62. The number of benzene rings is 1. The van der Waals surface area contributed by atoms with Crippen LogP contribution in [0.2, 0.25) is 0 Å². The van der Waals surface area contributed by atoms with Crippen LogP contribution in [-0.4, -0.2) is 17.0 Å². The summed E-state index contributed by atoms with van der Waals surface area (Å²) in [5.41, 5.74) is 2.87. The second-order valence-corrected chi connectivity index (χ2v) is 6.43. The fourth-order valence-corrected chi connectivity index (χ4v) is 2.86. The zero-order chi connectivity index (χ0) is 15.6. The maximum absolute atomic E-state index is 12.4. The molecule has 5 heteroatoms. The molecule has 1 aromatic carbocycles. The molecule has 0 radical (unpaired) electrons. The first-order valence-corrected chi connectivity index (χ1v) is 7.62. The van der Waals surface area contributed by atoms with Crippen LogP contribution in [0, 0.1) is 11.8 Å². The van der Waals surface area contributed by atoms with Crippen LogP contribution in [0.4, 0.5) is 5.69 Å². The van der Waals surface area contributed by atoms with Gasteiger partial charge in [-0.15, -0.1) is 0 Å². The zero-order valence-corrected chi connectivity index (χ0v) is 13.6. The molecule has 2 N–H and O–H groups in total. The molecular weight excluding hydrogens is 334 g/mol. The molecule has 112 valence electrons. The third-order valence-corrected chi connectivity index (χ3v) is 4.56. The number of carbonyl (C=O) groups is 2. The van der Waals surface area contributed by atoms with Gasteiger partial charge in [0.2, 0.25) is 5.91 Å². The van der Waals surface area contributed by atoms with Crippen LogP contribution in [0.15, 0.2) is 39.9 Å². The summed E-state index contributed by atoms with van der Waals surface area (Å²) in [5.74, 6) is -2.30. The Balaban J connectivity index is 2.16. The fraction of sp³-hybridized carbons (Fsp3) is 0.375. The van der Waals surface area contributed by atoms with E-state index in [1.165, 1.54) is 0 Å². The second kappa shape index (κ2) is 6.43. The first-order valence-electron chi connectivity index (χ1n) is 6.83. The Morgan fingerprint density at radius 1 is 1.10 bits per heavy atom. The summed E-state index contributed by atoms with van der Waals surface area (Å²) < 4.78 is 0.927. The van der Waals surface area contributed by atoms with Crippen molar-refractivity contribution < 1.29 is 14.7 Å². The number of allylic oxidation sites excluding steroid dienone is 2. The maximum Gasteiger partial charge on any atom is 0.307 e.